The van der Waals surface area contributed by atoms with E-state index < -0.39 is 10.2 Å². The fourth-order valence-electron chi connectivity index (χ4n) is 2.53. The summed E-state index contributed by atoms with van der Waals surface area (Å²) in [4.78, 5) is 0. The molecule has 1 aliphatic rings. The third kappa shape index (κ3) is 3.50. The Morgan fingerprint density at radius 1 is 1.35 bits per heavy atom. The maximum absolute atomic E-state index is 12.3. The summed E-state index contributed by atoms with van der Waals surface area (Å²) in [7, 11) is -1.84. The number of para-hydroxylation sites is 1. The first-order valence-corrected chi connectivity index (χ1v) is 8.37. The fraction of sp³-hybridized carbons (Fsp3) is 0.571. The molecule has 1 N–H and O–H groups in total. The van der Waals surface area contributed by atoms with Crippen molar-refractivity contribution < 1.29 is 13.2 Å². The molecule has 0 radical (unpaired) electrons. The molecule has 2 rings (SSSR count). The molecule has 0 spiro atoms. The quantitative estimate of drug-likeness (QED) is 0.903. The Labute approximate surface area is 121 Å². The zero-order chi connectivity index (χ0) is 14.6. The molecule has 1 fully saturated rings. The van der Waals surface area contributed by atoms with Gasteiger partial charge in [0.2, 0.25) is 0 Å². The summed E-state index contributed by atoms with van der Waals surface area (Å²) in [6, 6.07) is 7.49. The number of benzene rings is 1. The van der Waals surface area contributed by atoms with Gasteiger partial charge in [0.15, 0.2) is 0 Å². The highest BCUT2D eigenvalue weighted by atomic mass is 32.2. The highest BCUT2D eigenvalue weighted by Gasteiger charge is 2.29. The molecule has 6 heteroatoms. The Kier molecular flexibility index (Phi) is 5.01. The number of rotatable bonds is 5. The smallest absolute Gasteiger partial charge is 0.279 e. The lowest BCUT2D eigenvalue weighted by atomic mass is 10.1. The van der Waals surface area contributed by atoms with Gasteiger partial charge in [-0.3, -0.25) is 0 Å². The van der Waals surface area contributed by atoms with E-state index in [1.54, 1.807) is 11.4 Å². The third-order valence-electron chi connectivity index (χ3n) is 3.69. The number of piperidine rings is 1. The van der Waals surface area contributed by atoms with E-state index in [-0.39, 0.29) is 12.6 Å². The normalized spacial score (nSPS) is 20.8. The van der Waals surface area contributed by atoms with Crippen molar-refractivity contribution in [3.63, 3.8) is 0 Å². The first-order chi connectivity index (χ1) is 9.54. The molecule has 112 valence electrons. The maximum atomic E-state index is 12.3. The van der Waals surface area contributed by atoms with Gasteiger partial charge in [-0.2, -0.15) is 17.4 Å². The topological polar surface area (TPSA) is 58.6 Å². The number of nitrogens with one attached hydrogen (secondary N) is 1. The minimum absolute atomic E-state index is 0.0684. The summed E-state index contributed by atoms with van der Waals surface area (Å²) in [5.74, 6) is 0.696. The van der Waals surface area contributed by atoms with Crippen LogP contribution in [-0.2, 0) is 16.8 Å². The lowest BCUT2D eigenvalue weighted by Crippen LogP contribution is -2.47. The molecule has 1 aromatic rings. The SMILES string of the molecule is COc1ccccc1CNS(=O)(=O)N1CCCCC1C. The Morgan fingerprint density at radius 3 is 2.80 bits per heavy atom. The maximum Gasteiger partial charge on any atom is 0.279 e. The van der Waals surface area contributed by atoms with E-state index in [9.17, 15) is 8.42 Å². The first kappa shape index (κ1) is 15.3. The second-order valence-corrected chi connectivity index (χ2v) is 6.80. The van der Waals surface area contributed by atoms with Crippen molar-refractivity contribution >= 4 is 10.2 Å². The van der Waals surface area contributed by atoms with Crippen LogP contribution in [0.15, 0.2) is 24.3 Å². The van der Waals surface area contributed by atoms with Crippen LogP contribution in [0, 0.1) is 0 Å². The van der Waals surface area contributed by atoms with Crippen molar-refractivity contribution in [3.8, 4) is 5.75 Å². The molecule has 0 bridgehead atoms. The van der Waals surface area contributed by atoms with E-state index in [2.05, 4.69) is 4.72 Å². The summed E-state index contributed by atoms with van der Waals surface area (Å²) >= 11 is 0. The molecular weight excluding hydrogens is 276 g/mol. The summed E-state index contributed by atoms with van der Waals surface area (Å²) in [5.41, 5.74) is 0.836. The molecule has 1 heterocycles. The van der Waals surface area contributed by atoms with Gasteiger partial charge < -0.3 is 4.74 Å². The molecule has 0 saturated carbocycles. The lowest BCUT2D eigenvalue weighted by Gasteiger charge is -2.32. The molecule has 1 saturated heterocycles. The minimum Gasteiger partial charge on any atom is -0.496 e. The second-order valence-electron chi connectivity index (χ2n) is 5.09. The van der Waals surface area contributed by atoms with Gasteiger partial charge >= 0.3 is 0 Å². The van der Waals surface area contributed by atoms with Gasteiger partial charge in [0, 0.05) is 24.7 Å². The lowest BCUT2D eigenvalue weighted by molar-refractivity contribution is 0.265. The van der Waals surface area contributed by atoms with Crippen LogP contribution in [0.4, 0.5) is 0 Å². The predicted molar refractivity (Wildman–Crippen MR) is 78.8 cm³/mol. The molecule has 0 aliphatic carbocycles. The van der Waals surface area contributed by atoms with Crippen molar-refractivity contribution in [1.82, 2.24) is 9.03 Å². The number of nitrogens with zero attached hydrogens (tertiary/aromatic N) is 1. The first-order valence-electron chi connectivity index (χ1n) is 6.93. The second kappa shape index (κ2) is 6.56. The molecular formula is C14H22N2O3S. The van der Waals surface area contributed by atoms with Gasteiger partial charge in [0.1, 0.15) is 5.75 Å². The van der Waals surface area contributed by atoms with Crippen LogP contribution < -0.4 is 9.46 Å². The Hall–Kier alpha value is -1.11. The Bertz CT molecular complexity index is 545. The van der Waals surface area contributed by atoms with Crippen molar-refractivity contribution in [3.05, 3.63) is 29.8 Å². The summed E-state index contributed by atoms with van der Waals surface area (Å²) in [5, 5.41) is 0. The summed E-state index contributed by atoms with van der Waals surface area (Å²) in [6.45, 7) is 2.81. The molecule has 0 amide bonds. The number of hydrogen-bond donors (Lipinski definition) is 1. The zero-order valence-electron chi connectivity index (χ0n) is 12.0. The molecule has 1 aliphatic heterocycles. The highest BCUT2D eigenvalue weighted by Crippen LogP contribution is 2.21. The molecule has 1 atom stereocenters. The average molecular weight is 298 g/mol. The van der Waals surface area contributed by atoms with Gasteiger partial charge in [0.05, 0.1) is 7.11 Å². The Morgan fingerprint density at radius 2 is 2.10 bits per heavy atom. The summed E-state index contributed by atoms with van der Waals surface area (Å²) < 4.78 is 34.1. The monoisotopic (exact) mass is 298 g/mol. The number of methoxy groups -OCH3 is 1. The van der Waals surface area contributed by atoms with Crippen LogP contribution in [-0.4, -0.2) is 32.4 Å². The molecule has 20 heavy (non-hydrogen) atoms. The molecule has 5 nitrogen and oxygen atoms in total. The van der Waals surface area contributed by atoms with Crippen molar-refractivity contribution in [2.24, 2.45) is 0 Å². The van der Waals surface area contributed by atoms with Crippen LogP contribution >= 0.6 is 0 Å². The van der Waals surface area contributed by atoms with Crippen molar-refractivity contribution in [2.45, 2.75) is 38.8 Å². The standard InChI is InChI=1S/C14H22N2O3S/c1-12-7-5-6-10-16(12)20(17,18)15-11-13-8-3-4-9-14(13)19-2/h3-4,8-9,12,15H,5-7,10-11H2,1-2H3. The average Bonchev–Trinajstić information content (AvgIpc) is 2.46. The third-order valence-corrected chi connectivity index (χ3v) is 5.36. The number of hydrogen-bond acceptors (Lipinski definition) is 3. The van der Waals surface area contributed by atoms with E-state index in [4.69, 9.17) is 4.74 Å². The largest absolute Gasteiger partial charge is 0.496 e. The van der Waals surface area contributed by atoms with E-state index in [0.717, 1.165) is 24.8 Å². The zero-order valence-corrected chi connectivity index (χ0v) is 12.8. The van der Waals surface area contributed by atoms with E-state index >= 15 is 0 Å². The fourth-order valence-corrected chi connectivity index (χ4v) is 3.98. The van der Waals surface area contributed by atoms with Crippen LogP contribution in [0.3, 0.4) is 0 Å². The highest BCUT2D eigenvalue weighted by molar-refractivity contribution is 7.87. The van der Waals surface area contributed by atoms with Crippen LogP contribution in [0.25, 0.3) is 0 Å². The van der Waals surface area contributed by atoms with Gasteiger partial charge in [-0.15, -0.1) is 0 Å². The van der Waals surface area contributed by atoms with Gasteiger partial charge in [0.25, 0.3) is 10.2 Å². The molecule has 0 aromatic heterocycles. The predicted octanol–water partition coefficient (Wildman–Crippen LogP) is 1.90. The molecule has 1 unspecified atom stereocenters. The van der Waals surface area contributed by atoms with Gasteiger partial charge in [-0.05, 0) is 25.8 Å². The van der Waals surface area contributed by atoms with Crippen LogP contribution in [0.1, 0.15) is 31.7 Å². The van der Waals surface area contributed by atoms with Crippen LogP contribution in [0.2, 0.25) is 0 Å². The molecule has 1 aromatic carbocycles. The van der Waals surface area contributed by atoms with E-state index in [1.165, 1.54) is 0 Å². The minimum atomic E-state index is -3.43. The summed E-state index contributed by atoms with van der Waals surface area (Å²) in [6.07, 6.45) is 2.95. The van der Waals surface area contributed by atoms with Crippen LogP contribution in [0.5, 0.6) is 5.75 Å². The van der Waals surface area contributed by atoms with Gasteiger partial charge in [-0.1, -0.05) is 24.6 Å². The van der Waals surface area contributed by atoms with E-state index in [1.807, 2.05) is 31.2 Å². The van der Waals surface area contributed by atoms with Crippen molar-refractivity contribution in [2.75, 3.05) is 13.7 Å². The van der Waals surface area contributed by atoms with Crippen molar-refractivity contribution in [1.29, 1.82) is 0 Å². The number of ether oxygens (including phenoxy) is 1. The Balaban J connectivity index is 2.05. The van der Waals surface area contributed by atoms with E-state index in [0.29, 0.717) is 12.3 Å². The van der Waals surface area contributed by atoms with Gasteiger partial charge in [-0.25, -0.2) is 0 Å².